The van der Waals surface area contributed by atoms with Gasteiger partial charge in [0, 0.05) is 18.2 Å². The fraction of sp³-hybridized carbons (Fsp3) is 0.471. The standard InChI is InChI=1S/C17H19N2O2P/c1-11-14-7-8-19(13-5-3-2-4-6-13)16(21)17(14,22)9-12(10-18)15(11)20/h2-6,11-12,14H,7-9,22H2,1H3/t11-,12?,14-,17+/m1/s1. The van der Waals surface area contributed by atoms with Crippen LogP contribution in [0.5, 0.6) is 0 Å². The van der Waals surface area contributed by atoms with E-state index in [1.165, 1.54) is 0 Å². The number of nitrogens with zero attached hydrogens (tertiary/aromatic N) is 2. The van der Waals surface area contributed by atoms with Crippen LogP contribution in [0.25, 0.3) is 0 Å². The molecule has 5 atom stereocenters. The van der Waals surface area contributed by atoms with Crippen LogP contribution in [0, 0.1) is 29.1 Å². The monoisotopic (exact) mass is 314 g/mol. The maximum absolute atomic E-state index is 13.1. The molecule has 2 fully saturated rings. The van der Waals surface area contributed by atoms with Crippen molar-refractivity contribution in [3.05, 3.63) is 30.3 Å². The van der Waals surface area contributed by atoms with E-state index in [2.05, 4.69) is 15.3 Å². The molecule has 4 nitrogen and oxygen atoms in total. The van der Waals surface area contributed by atoms with Crippen LogP contribution in [0.3, 0.4) is 0 Å². The maximum atomic E-state index is 13.1. The first-order valence-corrected chi connectivity index (χ1v) is 8.16. The molecule has 0 aromatic heterocycles. The Morgan fingerprint density at radius 2 is 2.00 bits per heavy atom. The lowest BCUT2D eigenvalue weighted by Crippen LogP contribution is -2.61. The minimum absolute atomic E-state index is 0.00191. The van der Waals surface area contributed by atoms with Gasteiger partial charge < -0.3 is 4.90 Å². The molecular weight excluding hydrogens is 295 g/mol. The zero-order valence-corrected chi connectivity index (χ0v) is 13.7. The van der Waals surface area contributed by atoms with E-state index < -0.39 is 11.1 Å². The number of hydrogen-bond donors (Lipinski definition) is 0. The zero-order valence-electron chi connectivity index (χ0n) is 12.5. The van der Waals surface area contributed by atoms with E-state index in [0.29, 0.717) is 13.0 Å². The van der Waals surface area contributed by atoms with Gasteiger partial charge in [0.25, 0.3) is 0 Å². The number of fused-ring (bicyclic) bond motifs is 1. The predicted octanol–water partition coefficient (Wildman–Crippen LogP) is 2.40. The number of Topliss-reactive ketones (excluding diaryl/α,β-unsaturated/α-hetero) is 1. The van der Waals surface area contributed by atoms with Crippen molar-refractivity contribution in [2.45, 2.75) is 24.9 Å². The summed E-state index contributed by atoms with van der Waals surface area (Å²) in [6, 6.07) is 11.7. The van der Waals surface area contributed by atoms with E-state index in [4.69, 9.17) is 0 Å². The topological polar surface area (TPSA) is 61.2 Å². The summed E-state index contributed by atoms with van der Waals surface area (Å²) in [7, 11) is 2.69. The van der Waals surface area contributed by atoms with Gasteiger partial charge in [-0.1, -0.05) is 25.1 Å². The van der Waals surface area contributed by atoms with Gasteiger partial charge >= 0.3 is 0 Å². The van der Waals surface area contributed by atoms with E-state index in [1.807, 2.05) is 37.3 Å². The lowest BCUT2D eigenvalue weighted by Gasteiger charge is -2.50. The molecule has 5 heteroatoms. The lowest BCUT2D eigenvalue weighted by atomic mass is 9.64. The van der Waals surface area contributed by atoms with Crippen molar-refractivity contribution in [2.75, 3.05) is 11.4 Å². The molecule has 1 saturated heterocycles. The van der Waals surface area contributed by atoms with E-state index in [-0.39, 0.29) is 23.5 Å². The van der Waals surface area contributed by atoms with Crippen LogP contribution in [-0.4, -0.2) is 23.4 Å². The Kier molecular flexibility index (Phi) is 3.78. The summed E-state index contributed by atoms with van der Waals surface area (Å²) in [5.41, 5.74) is 0.880. The highest BCUT2D eigenvalue weighted by molar-refractivity contribution is 7.21. The molecule has 1 heterocycles. The van der Waals surface area contributed by atoms with Crippen LogP contribution in [0.2, 0.25) is 0 Å². The molecule has 114 valence electrons. The molecule has 1 saturated carbocycles. The minimum Gasteiger partial charge on any atom is -0.312 e. The van der Waals surface area contributed by atoms with Gasteiger partial charge in [0.15, 0.2) is 5.78 Å². The summed E-state index contributed by atoms with van der Waals surface area (Å²) in [6.07, 6.45) is 1.10. The summed E-state index contributed by atoms with van der Waals surface area (Å²) in [5.74, 6) is -0.908. The first-order valence-electron chi connectivity index (χ1n) is 7.58. The van der Waals surface area contributed by atoms with Gasteiger partial charge in [-0.15, -0.1) is 9.24 Å². The lowest BCUT2D eigenvalue weighted by molar-refractivity contribution is -0.135. The zero-order chi connectivity index (χ0) is 15.9. The third kappa shape index (κ3) is 2.16. The molecule has 2 unspecified atom stereocenters. The molecule has 1 aliphatic carbocycles. The Bertz CT molecular complexity index is 654. The average molecular weight is 314 g/mol. The Morgan fingerprint density at radius 1 is 1.32 bits per heavy atom. The van der Waals surface area contributed by atoms with Crippen LogP contribution in [0.15, 0.2) is 30.3 Å². The smallest absolute Gasteiger partial charge is 0.237 e. The average Bonchev–Trinajstić information content (AvgIpc) is 2.54. The number of benzene rings is 1. The molecule has 22 heavy (non-hydrogen) atoms. The van der Waals surface area contributed by atoms with Crippen LogP contribution in [0.4, 0.5) is 5.69 Å². The van der Waals surface area contributed by atoms with Gasteiger partial charge in [-0.2, -0.15) is 5.26 Å². The summed E-state index contributed by atoms with van der Waals surface area (Å²) in [6.45, 7) is 2.49. The molecule has 2 aliphatic rings. The summed E-state index contributed by atoms with van der Waals surface area (Å²) in [5, 5.41) is 8.54. The normalized spacial score (nSPS) is 35.0. The number of carbonyl (C=O) groups is 2. The molecule has 0 N–H and O–H groups in total. The maximum Gasteiger partial charge on any atom is 0.237 e. The highest BCUT2D eigenvalue weighted by Crippen LogP contribution is 2.50. The second-order valence-corrected chi connectivity index (χ2v) is 7.33. The molecule has 3 rings (SSSR count). The molecule has 0 bridgehead atoms. The SMILES string of the molecule is C[C@H]1C(=O)C(C#N)C[C@@]2(P)C(=O)N(c3ccccc3)CC[C@H]12. The van der Waals surface area contributed by atoms with E-state index in [0.717, 1.165) is 12.1 Å². The van der Waals surface area contributed by atoms with Gasteiger partial charge in [0.05, 0.1) is 11.2 Å². The van der Waals surface area contributed by atoms with Crippen LogP contribution in [-0.2, 0) is 9.59 Å². The van der Waals surface area contributed by atoms with Crippen molar-refractivity contribution >= 4 is 26.6 Å². The van der Waals surface area contributed by atoms with Gasteiger partial charge in [-0.05, 0) is 30.9 Å². The number of anilines is 1. The molecule has 1 aliphatic heterocycles. The number of piperidine rings is 1. The van der Waals surface area contributed by atoms with Crippen molar-refractivity contribution in [2.24, 2.45) is 17.8 Å². The number of hydrogen-bond acceptors (Lipinski definition) is 3. The number of rotatable bonds is 1. The third-order valence-corrected chi connectivity index (χ3v) is 6.04. The van der Waals surface area contributed by atoms with Crippen molar-refractivity contribution in [1.82, 2.24) is 0 Å². The van der Waals surface area contributed by atoms with E-state index in [1.54, 1.807) is 4.90 Å². The van der Waals surface area contributed by atoms with Crippen molar-refractivity contribution < 1.29 is 9.59 Å². The first-order chi connectivity index (χ1) is 10.5. The number of amides is 1. The molecular formula is C17H19N2O2P. The van der Waals surface area contributed by atoms with Gasteiger partial charge in [0.1, 0.15) is 5.92 Å². The minimum atomic E-state index is -0.707. The Morgan fingerprint density at radius 3 is 2.64 bits per heavy atom. The van der Waals surface area contributed by atoms with Gasteiger partial charge in [-0.3, -0.25) is 9.59 Å². The fourth-order valence-corrected chi connectivity index (χ4v) is 4.74. The summed E-state index contributed by atoms with van der Waals surface area (Å²) in [4.78, 5) is 27.1. The quantitative estimate of drug-likeness (QED) is 0.748. The van der Waals surface area contributed by atoms with Crippen LogP contribution in [0.1, 0.15) is 19.8 Å². The molecule has 1 aromatic carbocycles. The third-order valence-electron chi connectivity index (χ3n) is 5.13. The number of carbonyl (C=O) groups excluding carboxylic acids is 2. The van der Waals surface area contributed by atoms with E-state index in [9.17, 15) is 14.9 Å². The molecule has 0 radical (unpaired) electrons. The Hall–Kier alpha value is -1.72. The first kappa shape index (κ1) is 15.2. The van der Waals surface area contributed by atoms with Crippen molar-refractivity contribution in [3.8, 4) is 6.07 Å². The number of para-hydroxylation sites is 1. The summed E-state index contributed by atoms with van der Waals surface area (Å²) >= 11 is 0. The highest BCUT2D eigenvalue weighted by Gasteiger charge is 2.56. The van der Waals surface area contributed by atoms with Crippen LogP contribution < -0.4 is 4.90 Å². The number of nitriles is 1. The predicted molar refractivity (Wildman–Crippen MR) is 87.2 cm³/mol. The second-order valence-electron chi connectivity index (χ2n) is 6.30. The second kappa shape index (κ2) is 5.48. The fourth-order valence-electron chi connectivity index (χ4n) is 3.89. The van der Waals surface area contributed by atoms with Gasteiger partial charge in [-0.25, -0.2) is 0 Å². The summed E-state index contributed by atoms with van der Waals surface area (Å²) < 4.78 is 0. The van der Waals surface area contributed by atoms with Crippen LogP contribution >= 0.6 is 9.24 Å². The highest BCUT2D eigenvalue weighted by atomic mass is 31.0. The molecule has 0 spiro atoms. The Balaban J connectivity index is 1.96. The van der Waals surface area contributed by atoms with E-state index >= 15 is 0 Å². The van der Waals surface area contributed by atoms with Crippen molar-refractivity contribution in [1.29, 1.82) is 5.26 Å². The van der Waals surface area contributed by atoms with Crippen molar-refractivity contribution in [3.63, 3.8) is 0 Å². The largest absolute Gasteiger partial charge is 0.312 e. The number of ketones is 1. The Labute approximate surface area is 132 Å². The molecule has 1 aromatic rings. The van der Waals surface area contributed by atoms with Gasteiger partial charge in [0.2, 0.25) is 5.91 Å². The molecule has 1 amide bonds.